The second kappa shape index (κ2) is 5.60. The van der Waals surface area contributed by atoms with Gasteiger partial charge < -0.3 is 9.47 Å². The molecule has 22 heavy (non-hydrogen) atoms. The van der Waals surface area contributed by atoms with Gasteiger partial charge in [-0.3, -0.25) is 14.6 Å². The SMILES string of the molecule is O=C1N(CN2CCCCC2)c2ccc(Br)cc2C12OCCO2. The van der Waals surface area contributed by atoms with Gasteiger partial charge in [-0.15, -0.1) is 0 Å². The van der Waals surface area contributed by atoms with Crippen LogP contribution in [0, 0.1) is 0 Å². The minimum atomic E-state index is -1.23. The van der Waals surface area contributed by atoms with Crippen molar-refractivity contribution in [2.75, 3.05) is 37.9 Å². The van der Waals surface area contributed by atoms with E-state index in [0.29, 0.717) is 19.9 Å². The van der Waals surface area contributed by atoms with Crippen LogP contribution in [-0.4, -0.2) is 43.8 Å². The van der Waals surface area contributed by atoms with Crippen LogP contribution in [0.4, 0.5) is 5.69 Å². The number of hydrogen-bond donors (Lipinski definition) is 0. The molecule has 3 aliphatic rings. The van der Waals surface area contributed by atoms with Crippen LogP contribution in [-0.2, 0) is 20.1 Å². The maximum absolute atomic E-state index is 13.0. The van der Waals surface area contributed by atoms with Gasteiger partial charge in [-0.2, -0.15) is 0 Å². The molecule has 0 atom stereocenters. The van der Waals surface area contributed by atoms with Crippen molar-refractivity contribution >= 4 is 27.5 Å². The summed E-state index contributed by atoms with van der Waals surface area (Å²) in [5, 5.41) is 0. The number of likely N-dealkylation sites (tertiary alicyclic amines) is 1. The number of nitrogens with zero attached hydrogens (tertiary/aromatic N) is 2. The summed E-state index contributed by atoms with van der Waals surface area (Å²) in [7, 11) is 0. The Kier molecular flexibility index (Phi) is 3.72. The van der Waals surface area contributed by atoms with Crippen LogP contribution in [0.25, 0.3) is 0 Å². The van der Waals surface area contributed by atoms with Crippen molar-refractivity contribution in [3.8, 4) is 0 Å². The molecule has 4 rings (SSSR count). The van der Waals surface area contributed by atoms with E-state index >= 15 is 0 Å². The van der Waals surface area contributed by atoms with Gasteiger partial charge in [-0.25, -0.2) is 0 Å². The summed E-state index contributed by atoms with van der Waals surface area (Å²) in [6, 6.07) is 5.87. The lowest BCUT2D eigenvalue weighted by Gasteiger charge is -2.31. The predicted octanol–water partition coefficient (Wildman–Crippen LogP) is 2.44. The first-order chi connectivity index (χ1) is 10.7. The van der Waals surface area contributed by atoms with Crippen molar-refractivity contribution in [3.05, 3.63) is 28.2 Å². The van der Waals surface area contributed by atoms with Gasteiger partial charge in [0.2, 0.25) is 0 Å². The summed E-state index contributed by atoms with van der Waals surface area (Å²) >= 11 is 3.48. The Labute approximate surface area is 138 Å². The molecule has 5 nitrogen and oxygen atoms in total. The molecule has 0 aromatic heterocycles. The summed E-state index contributed by atoms with van der Waals surface area (Å²) in [6.07, 6.45) is 3.69. The van der Waals surface area contributed by atoms with Crippen LogP contribution < -0.4 is 4.90 Å². The van der Waals surface area contributed by atoms with Crippen molar-refractivity contribution < 1.29 is 14.3 Å². The van der Waals surface area contributed by atoms with E-state index in [1.54, 1.807) is 0 Å². The Balaban J connectivity index is 1.69. The number of fused-ring (bicyclic) bond motifs is 2. The van der Waals surface area contributed by atoms with Gasteiger partial charge in [0.1, 0.15) is 0 Å². The van der Waals surface area contributed by atoms with Crippen LogP contribution in [0.2, 0.25) is 0 Å². The number of carbonyl (C=O) groups excluding carboxylic acids is 1. The number of hydrogen-bond acceptors (Lipinski definition) is 4. The third-order valence-corrected chi connectivity index (χ3v) is 5.11. The number of carbonyl (C=O) groups is 1. The minimum Gasteiger partial charge on any atom is -0.336 e. The highest BCUT2D eigenvalue weighted by atomic mass is 79.9. The number of piperidine rings is 1. The standard InChI is InChI=1S/C16H19BrN2O3/c17-12-4-5-14-13(10-12)16(21-8-9-22-16)15(20)19(14)11-18-6-2-1-3-7-18/h4-5,10H,1-3,6-9,11H2. The predicted molar refractivity (Wildman–Crippen MR) is 85.5 cm³/mol. The Morgan fingerprint density at radius 2 is 1.86 bits per heavy atom. The number of halogens is 1. The third-order valence-electron chi connectivity index (χ3n) is 4.61. The molecule has 6 heteroatoms. The van der Waals surface area contributed by atoms with Gasteiger partial charge in [0, 0.05) is 10.0 Å². The van der Waals surface area contributed by atoms with Crippen molar-refractivity contribution in [1.82, 2.24) is 4.90 Å². The Hall–Kier alpha value is -0.950. The Morgan fingerprint density at radius 3 is 2.59 bits per heavy atom. The highest BCUT2D eigenvalue weighted by Gasteiger charge is 2.56. The molecule has 1 aromatic carbocycles. The Bertz CT molecular complexity index is 595. The highest BCUT2D eigenvalue weighted by Crippen LogP contribution is 2.46. The van der Waals surface area contributed by atoms with Crippen LogP contribution in [0.15, 0.2) is 22.7 Å². The fourth-order valence-corrected chi connectivity index (χ4v) is 3.90. The lowest BCUT2D eigenvalue weighted by atomic mass is 10.1. The summed E-state index contributed by atoms with van der Waals surface area (Å²) in [5.41, 5.74) is 1.72. The number of benzene rings is 1. The number of ether oxygens (including phenoxy) is 2. The molecule has 0 aliphatic carbocycles. The highest BCUT2D eigenvalue weighted by molar-refractivity contribution is 9.10. The molecule has 2 saturated heterocycles. The molecule has 1 aromatic rings. The first kappa shape index (κ1) is 14.6. The van der Waals surface area contributed by atoms with Crippen LogP contribution in [0.1, 0.15) is 24.8 Å². The molecule has 2 fully saturated rings. The van der Waals surface area contributed by atoms with E-state index in [2.05, 4.69) is 20.8 Å². The van der Waals surface area contributed by atoms with E-state index in [9.17, 15) is 4.79 Å². The molecule has 118 valence electrons. The smallest absolute Gasteiger partial charge is 0.293 e. The average molecular weight is 367 g/mol. The lowest BCUT2D eigenvalue weighted by Crippen LogP contribution is -2.47. The molecule has 0 unspecified atom stereocenters. The van der Waals surface area contributed by atoms with E-state index < -0.39 is 5.79 Å². The third kappa shape index (κ3) is 2.21. The molecule has 0 radical (unpaired) electrons. The fourth-order valence-electron chi connectivity index (χ4n) is 3.54. The van der Waals surface area contributed by atoms with Crippen LogP contribution in [0.3, 0.4) is 0 Å². The molecular weight excluding hydrogens is 348 g/mol. The number of rotatable bonds is 2. The van der Waals surface area contributed by atoms with Gasteiger partial charge in [0.25, 0.3) is 11.7 Å². The van der Waals surface area contributed by atoms with Gasteiger partial charge >= 0.3 is 0 Å². The number of amides is 1. The summed E-state index contributed by atoms with van der Waals surface area (Å²) in [5.74, 6) is -1.32. The van der Waals surface area contributed by atoms with E-state index in [-0.39, 0.29) is 5.91 Å². The quantitative estimate of drug-likeness (QED) is 0.805. The average Bonchev–Trinajstić information content (AvgIpc) is 3.10. The fraction of sp³-hybridized carbons (Fsp3) is 0.562. The normalized spacial score (nSPS) is 24.2. The van der Waals surface area contributed by atoms with Crippen molar-refractivity contribution in [2.45, 2.75) is 25.0 Å². The van der Waals surface area contributed by atoms with Gasteiger partial charge in [0.05, 0.1) is 25.6 Å². The number of anilines is 1. The van der Waals surface area contributed by atoms with E-state index in [1.807, 2.05) is 23.1 Å². The summed E-state index contributed by atoms with van der Waals surface area (Å²) in [4.78, 5) is 17.2. The zero-order valence-electron chi connectivity index (χ0n) is 12.4. The lowest BCUT2D eigenvalue weighted by molar-refractivity contribution is -0.181. The van der Waals surface area contributed by atoms with Crippen molar-refractivity contribution in [2.24, 2.45) is 0 Å². The van der Waals surface area contributed by atoms with Crippen molar-refractivity contribution in [1.29, 1.82) is 0 Å². The second-order valence-corrected chi connectivity index (χ2v) is 6.94. The topological polar surface area (TPSA) is 42.0 Å². The molecule has 0 bridgehead atoms. The zero-order chi connectivity index (χ0) is 15.2. The molecule has 0 N–H and O–H groups in total. The van der Waals surface area contributed by atoms with E-state index in [0.717, 1.165) is 28.8 Å². The van der Waals surface area contributed by atoms with Crippen LogP contribution >= 0.6 is 15.9 Å². The molecule has 1 amide bonds. The van der Waals surface area contributed by atoms with E-state index in [1.165, 1.54) is 19.3 Å². The van der Waals surface area contributed by atoms with E-state index in [4.69, 9.17) is 9.47 Å². The van der Waals surface area contributed by atoms with Gasteiger partial charge in [-0.05, 0) is 44.1 Å². The molecule has 3 aliphatic heterocycles. The van der Waals surface area contributed by atoms with Gasteiger partial charge in [-0.1, -0.05) is 22.4 Å². The second-order valence-electron chi connectivity index (χ2n) is 6.03. The molecule has 0 saturated carbocycles. The monoisotopic (exact) mass is 366 g/mol. The zero-order valence-corrected chi connectivity index (χ0v) is 14.0. The molecule has 3 heterocycles. The molecular formula is C16H19BrN2O3. The molecule has 1 spiro atoms. The largest absolute Gasteiger partial charge is 0.336 e. The minimum absolute atomic E-state index is 0.0938. The van der Waals surface area contributed by atoms with Crippen LogP contribution in [0.5, 0.6) is 0 Å². The first-order valence-corrected chi connectivity index (χ1v) is 8.62. The summed E-state index contributed by atoms with van der Waals surface area (Å²) < 4.78 is 12.5. The maximum atomic E-state index is 13.0. The summed E-state index contributed by atoms with van der Waals surface area (Å²) in [6.45, 7) is 3.61. The first-order valence-electron chi connectivity index (χ1n) is 7.83. The maximum Gasteiger partial charge on any atom is 0.293 e. The van der Waals surface area contributed by atoms with Crippen molar-refractivity contribution in [3.63, 3.8) is 0 Å². The van der Waals surface area contributed by atoms with Gasteiger partial charge in [0.15, 0.2) is 0 Å². The Morgan fingerprint density at radius 1 is 1.14 bits per heavy atom.